The third-order valence-electron chi connectivity index (χ3n) is 3.27. The number of benzene rings is 1. The van der Waals surface area contributed by atoms with Crippen LogP contribution in [0.2, 0.25) is 0 Å². The minimum Gasteiger partial charge on any atom is -0.492 e. The first-order valence-electron chi connectivity index (χ1n) is 6.72. The summed E-state index contributed by atoms with van der Waals surface area (Å²) < 4.78 is 8.84. The maximum Gasteiger partial charge on any atom is 0.276 e. The van der Waals surface area contributed by atoms with Gasteiger partial charge in [0.1, 0.15) is 17.9 Å². The highest BCUT2D eigenvalue weighted by Gasteiger charge is 2.03. The lowest BCUT2D eigenvalue weighted by Crippen LogP contribution is -2.24. The summed E-state index contributed by atoms with van der Waals surface area (Å²) in [5, 5.41) is 4.03. The zero-order valence-electron chi connectivity index (χ0n) is 11.5. The molecule has 0 atom stereocenters. The highest BCUT2D eigenvalue weighted by atomic mass is 16.5. The Hall–Kier alpha value is -2.60. The summed E-state index contributed by atoms with van der Waals surface area (Å²) in [4.78, 5) is 12.2. The molecule has 2 N–H and O–H groups in total. The predicted molar refractivity (Wildman–Crippen MR) is 79.3 cm³/mol. The molecule has 2 aromatic heterocycles. The second-order valence-electron chi connectivity index (χ2n) is 4.66. The topological polar surface area (TPSA) is 74.6 Å². The van der Waals surface area contributed by atoms with E-state index in [-0.39, 0.29) is 5.56 Å². The Labute approximate surface area is 121 Å². The second kappa shape index (κ2) is 5.80. The summed E-state index contributed by atoms with van der Waals surface area (Å²) in [6.45, 7) is 1.38. The molecule has 3 rings (SSSR count). The first-order chi connectivity index (χ1) is 10.3. The maximum absolute atomic E-state index is 12.2. The smallest absolute Gasteiger partial charge is 0.276 e. The van der Waals surface area contributed by atoms with Crippen molar-refractivity contribution in [3.05, 3.63) is 64.8 Å². The van der Waals surface area contributed by atoms with Crippen molar-refractivity contribution in [3.8, 4) is 5.75 Å². The molecule has 0 aliphatic heterocycles. The van der Waals surface area contributed by atoms with Crippen LogP contribution >= 0.6 is 0 Å². The zero-order chi connectivity index (χ0) is 14.7. The molecule has 3 aromatic rings. The van der Waals surface area contributed by atoms with Crippen LogP contribution in [0.3, 0.4) is 0 Å². The number of hydrogen-bond donors (Lipinski definition) is 1. The number of nitrogens with zero attached hydrogens (tertiary/aromatic N) is 3. The minimum absolute atomic E-state index is 0.0747. The van der Waals surface area contributed by atoms with Gasteiger partial charge in [-0.2, -0.15) is 5.10 Å². The monoisotopic (exact) mass is 284 g/mol. The van der Waals surface area contributed by atoms with Gasteiger partial charge in [-0.3, -0.25) is 4.79 Å². The molecule has 0 unspecified atom stereocenters. The van der Waals surface area contributed by atoms with Crippen molar-refractivity contribution < 1.29 is 4.74 Å². The minimum atomic E-state index is -0.0747. The van der Waals surface area contributed by atoms with E-state index in [9.17, 15) is 4.79 Å². The van der Waals surface area contributed by atoms with Crippen LogP contribution in [0.1, 0.15) is 5.56 Å². The summed E-state index contributed by atoms with van der Waals surface area (Å²) in [7, 11) is 0. The molecule has 0 saturated heterocycles. The summed E-state index contributed by atoms with van der Waals surface area (Å²) in [6.07, 6.45) is 5.07. The van der Waals surface area contributed by atoms with E-state index in [2.05, 4.69) is 5.10 Å². The van der Waals surface area contributed by atoms with Gasteiger partial charge in [0.25, 0.3) is 5.56 Å². The third kappa shape index (κ3) is 2.80. The average molecular weight is 284 g/mol. The molecule has 0 fully saturated rings. The number of ether oxygens (including phenoxy) is 1. The quantitative estimate of drug-likeness (QED) is 0.759. The van der Waals surface area contributed by atoms with Crippen molar-refractivity contribution >= 4 is 5.52 Å². The molecule has 0 radical (unpaired) electrons. The van der Waals surface area contributed by atoms with Gasteiger partial charge in [0.15, 0.2) is 0 Å². The summed E-state index contributed by atoms with van der Waals surface area (Å²) in [5.74, 6) is 0.761. The Morgan fingerprint density at radius 2 is 2.14 bits per heavy atom. The summed E-state index contributed by atoms with van der Waals surface area (Å²) in [6, 6.07) is 9.34. The molecule has 1 aromatic carbocycles. The third-order valence-corrected chi connectivity index (χ3v) is 3.27. The Kier molecular flexibility index (Phi) is 3.70. The summed E-state index contributed by atoms with van der Waals surface area (Å²) >= 11 is 0. The Balaban J connectivity index is 1.69. The molecule has 0 spiro atoms. The molecule has 0 amide bonds. The van der Waals surface area contributed by atoms with Crippen molar-refractivity contribution in [2.45, 2.75) is 13.1 Å². The largest absolute Gasteiger partial charge is 0.492 e. The van der Waals surface area contributed by atoms with Crippen molar-refractivity contribution in [1.29, 1.82) is 0 Å². The van der Waals surface area contributed by atoms with Crippen LogP contribution in [0.5, 0.6) is 5.75 Å². The summed E-state index contributed by atoms with van der Waals surface area (Å²) in [5.41, 5.74) is 7.09. The molecule has 108 valence electrons. The molecule has 6 heteroatoms. The van der Waals surface area contributed by atoms with Crippen molar-refractivity contribution in [2.75, 3.05) is 6.61 Å². The molecular weight excluding hydrogens is 268 g/mol. The molecular formula is C15H16N4O2. The van der Waals surface area contributed by atoms with Gasteiger partial charge in [0.05, 0.1) is 12.7 Å². The van der Waals surface area contributed by atoms with Gasteiger partial charge in [-0.25, -0.2) is 4.52 Å². The number of nitrogens with two attached hydrogens (primary N) is 1. The van der Waals surface area contributed by atoms with Gasteiger partial charge in [0.2, 0.25) is 0 Å². The van der Waals surface area contributed by atoms with Crippen LogP contribution in [0.25, 0.3) is 5.52 Å². The van der Waals surface area contributed by atoms with E-state index < -0.39 is 0 Å². The van der Waals surface area contributed by atoms with Crippen LogP contribution in [-0.4, -0.2) is 20.8 Å². The number of rotatable bonds is 5. The van der Waals surface area contributed by atoms with E-state index in [1.54, 1.807) is 33.7 Å². The van der Waals surface area contributed by atoms with E-state index in [0.29, 0.717) is 25.2 Å². The van der Waals surface area contributed by atoms with Gasteiger partial charge in [-0.05, 0) is 23.8 Å². The van der Waals surface area contributed by atoms with Crippen molar-refractivity contribution in [3.63, 3.8) is 0 Å². The van der Waals surface area contributed by atoms with Crippen LogP contribution < -0.4 is 16.0 Å². The Bertz CT molecular complexity index is 807. The van der Waals surface area contributed by atoms with Gasteiger partial charge < -0.3 is 15.0 Å². The predicted octanol–water partition coefficient (Wildman–Crippen LogP) is 1.03. The fraction of sp³-hybridized carbons (Fsp3) is 0.200. The van der Waals surface area contributed by atoms with Crippen LogP contribution in [0.15, 0.2) is 53.7 Å². The van der Waals surface area contributed by atoms with Crippen LogP contribution in [0.4, 0.5) is 0 Å². The number of fused-ring (bicyclic) bond motifs is 1. The van der Waals surface area contributed by atoms with E-state index in [1.165, 1.54) is 0 Å². The Morgan fingerprint density at radius 3 is 3.00 bits per heavy atom. The van der Waals surface area contributed by atoms with Gasteiger partial charge >= 0.3 is 0 Å². The highest BCUT2D eigenvalue weighted by Crippen LogP contribution is 2.12. The fourth-order valence-corrected chi connectivity index (χ4v) is 2.16. The van der Waals surface area contributed by atoms with Gasteiger partial charge in [-0.15, -0.1) is 0 Å². The lowest BCUT2D eigenvalue weighted by molar-refractivity contribution is 0.296. The molecule has 0 saturated carbocycles. The Morgan fingerprint density at radius 1 is 1.24 bits per heavy atom. The van der Waals surface area contributed by atoms with Crippen molar-refractivity contribution in [2.24, 2.45) is 5.73 Å². The molecule has 2 heterocycles. The lowest BCUT2D eigenvalue weighted by atomic mass is 10.2. The molecule has 0 aliphatic rings. The molecule has 6 nitrogen and oxygen atoms in total. The first kappa shape index (κ1) is 13.4. The van der Waals surface area contributed by atoms with Gasteiger partial charge in [0, 0.05) is 18.9 Å². The van der Waals surface area contributed by atoms with E-state index in [0.717, 1.165) is 11.3 Å². The highest BCUT2D eigenvalue weighted by molar-refractivity contribution is 5.42. The van der Waals surface area contributed by atoms with Gasteiger partial charge in [-0.1, -0.05) is 12.1 Å². The maximum atomic E-state index is 12.2. The second-order valence-corrected chi connectivity index (χ2v) is 4.66. The normalized spacial score (nSPS) is 10.9. The molecule has 0 aliphatic carbocycles. The van der Waals surface area contributed by atoms with E-state index in [1.807, 2.05) is 24.3 Å². The lowest BCUT2D eigenvalue weighted by Gasteiger charge is -2.09. The molecule has 21 heavy (non-hydrogen) atoms. The standard InChI is InChI=1S/C15H16N4O2/c16-11-12-2-1-3-13(10-12)21-9-8-18-6-7-19-14(15(18)20)4-5-17-19/h1-7,10H,8-9,11,16H2. The van der Waals surface area contributed by atoms with Crippen LogP contribution in [0, 0.1) is 0 Å². The number of hydrogen-bond acceptors (Lipinski definition) is 4. The van der Waals surface area contributed by atoms with Crippen molar-refractivity contribution in [1.82, 2.24) is 14.2 Å². The zero-order valence-corrected chi connectivity index (χ0v) is 11.5. The van der Waals surface area contributed by atoms with E-state index in [4.69, 9.17) is 10.5 Å². The molecule has 0 bridgehead atoms. The van der Waals surface area contributed by atoms with E-state index >= 15 is 0 Å². The average Bonchev–Trinajstić information content (AvgIpc) is 2.99. The number of aromatic nitrogens is 3. The van der Waals surface area contributed by atoms with Crippen LogP contribution in [-0.2, 0) is 13.1 Å². The first-order valence-corrected chi connectivity index (χ1v) is 6.72. The SMILES string of the molecule is NCc1cccc(OCCn2ccn3nccc3c2=O)c1. The fourth-order valence-electron chi connectivity index (χ4n) is 2.16.